The van der Waals surface area contributed by atoms with E-state index in [1.807, 2.05) is 26.8 Å². The summed E-state index contributed by atoms with van der Waals surface area (Å²) in [6, 6.07) is 16.9. The second kappa shape index (κ2) is 8.90. The Morgan fingerprint density at radius 1 is 1.03 bits per heavy atom. The SMILES string of the molecule is CCOc1ccc(/C(O)=C2\C(=O)C(=O)N(c3cccc(C)c3)C2c2ccccc2F)cc1C. The highest BCUT2D eigenvalue weighted by atomic mass is 19.1. The Bertz CT molecular complexity index is 1280. The maximum absolute atomic E-state index is 14.9. The quantitative estimate of drug-likeness (QED) is 0.321. The first-order valence-corrected chi connectivity index (χ1v) is 10.7. The summed E-state index contributed by atoms with van der Waals surface area (Å²) in [5.74, 6) is -1.97. The van der Waals surface area contributed by atoms with Crippen LogP contribution < -0.4 is 9.64 Å². The van der Waals surface area contributed by atoms with E-state index in [2.05, 4.69) is 0 Å². The van der Waals surface area contributed by atoms with Gasteiger partial charge < -0.3 is 9.84 Å². The molecule has 0 aromatic heterocycles. The Hall–Kier alpha value is -3.93. The largest absolute Gasteiger partial charge is 0.507 e. The zero-order valence-corrected chi connectivity index (χ0v) is 18.6. The second-order valence-electron chi connectivity index (χ2n) is 7.94. The molecule has 1 amide bonds. The molecule has 1 heterocycles. The van der Waals surface area contributed by atoms with Crippen molar-refractivity contribution in [3.05, 3.63) is 100 Å². The Morgan fingerprint density at radius 3 is 2.45 bits per heavy atom. The average Bonchev–Trinajstić information content (AvgIpc) is 3.05. The van der Waals surface area contributed by atoms with Gasteiger partial charge in [0.05, 0.1) is 18.2 Å². The molecule has 0 aliphatic carbocycles. The number of nitrogens with zero attached hydrogens (tertiary/aromatic N) is 1. The van der Waals surface area contributed by atoms with Gasteiger partial charge in [-0.2, -0.15) is 0 Å². The minimum Gasteiger partial charge on any atom is -0.507 e. The van der Waals surface area contributed by atoms with Gasteiger partial charge in [-0.15, -0.1) is 0 Å². The van der Waals surface area contributed by atoms with Crippen molar-refractivity contribution in [3.8, 4) is 5.75 Å². The third-order valence-electron chi connectivity index (χ3n) is 5.67. The predicted molar refractivity (Wildman–Crippen MR) is 125 cm³/mol. The van der Waals surface area contributed by atoms with Gasteiger partial charge in [-0.1, -0.05) is 30.3 Å². The van der Waals surface area contributed by atoms with Gasteiger partial charge in [0.25, 0.3) is 11.7 Å². The van der Waals surface area contributed by atoms with Gasteiger partial charge in [0.1, 0.15) is 17.3 Å². The molecule has 4 rings (SSSR count). The summed E-state index contributed by atoms with van der Waals surface area (Å²) in [7, 11) is 0. The van der Waals surface area contributed by atoms with Crippen LogP contribution in [0.5, 0.6) is 5.75 Å². The number of ether oxygens (including phenoxy) is 1. The van der Waals surface area contributed by atoms with Crippen LogP contribution in [0.25, 0.3) is 5.76 Å². The summed E-state index contributed by atoms with van der Waals surface area (Å²) in [5, 5.41) is 11.2. The van der Waals surface area contributed by atoms with Crippen molar-refractivity contribution >= 4 is 23.1 Å². The zero-order chi connectivity index (χ0) is 23.7. The van der Waals surface area contributed by atoms with E-state index in [-0.39, 0.29) is 16.9 Å². The lowest BCUT2D eigenvalue weighted by Gasteiger charge is -2.26. The van der Waals surface area contributed by atoms with Crippen LogP contribution >= 0.6 is 0 Å². The Balaban J connectivity index is 1.94. The van der Waals surface area contributed by atoms with Crippen molar-refractivity contribution in [1.82, 2.24) is 0 Å². The molecule has 1 fully saturated rings. The molecule has 1 N–H and O–H groups in total. The summed E-state index contributed by atoms with van der Waals surface area (Å²) >= 11 is 0. The summed E-state index contributed by atoms with van der Waals surface area (Å²) in [6.07, 6.45) is 0. The predicted octanol–water partition coefficient (Wildman–Crippen LogP) is 5.47. The molecule has 1 unspecified atom stereocenters. The molecule has 1 aliphatic rings. The Morgan fingerprint density at radius 2 is 1.79 bits per heavy atom. The number of benzene rings is 3. The molecule has 1 saturated heterocycles. The van der Waals surface area contributed by atoms with Crippen molar-refractivity contribution in [2.24, 2.45) is 0 Å². The molecule has 1 aliphatic heterocycles. The Labute approximate surface area is 191 Å². The number of Topliss-reactive ketones (excluding diaryl/α,β-unsaturated/α-hetero) is 1. The monoisotopic (exact) mass is 445 g/mol. The molecule has 5 nitrogen and oxygen atoms in total. The van der Waals surface area contributed by atoms with Crippen LogP contribution in [-0.2, 0) is 9.59 Å². The second-order valence-corrected chi connectivity index (χ2v) is 7.94. The van der Waals surface area contributed by atoms with Crippen molar-refractivity contribution in [1.29, 1.82) is 0 Å². The fourth-order valence-corrected chi connectivity index (χ4v) is 4.14. The maximum atomic E-state index is 14.9. The van der Waals surface area contributed by atoms with Gasteiger partial charge in [0.15, 0.2) is 0 Å². The van der Waals surface area contributed by atoms with E-state index < -0.39 is 23.5 Å². The Kier molecular flexibility index (Phi) is 6.01. The number of hydrogen-bond donors (Lipinski definition) is 1. The van der Waals surface area contributed by atoms with Crippen LogP contribution in [0.2, 0.25) is 0 Å². The first kappa shape index (κ1) is 22.3. The normalized spacial score (nSPS) is 17.5. The summed E-state index contributed by atoms with van der Waals surface area (Å²) in [5.41, 5.74) is 2.41. The van der Waals surface area contributed by atoms with E-state index in [1.54, 1.807) is 42.5 Å². The molecular weight excluding hydrogens is 421 g/mol. The smallest absolute Gasteiger partial charge is 0.300 e. The first-order chi connectivity index (χ1) is 15.8. The number of carbonyl (C=O) groups is 2. The molecule has 3 aromatic rings. The topological polar surface area (TPSA) is 66.8 Å². The van der Waals surface area contributed by atoms with E-state index in [0.29, 0.717) is 23.6 Å². The van der Waals surface area contributed by atoms with Gasteiger partial charge in [-0.3, -0.25) is 14.5 Å². The standard InChI is InChI=1S/C27H24FNO4/c1-4-33-22-13-12-18(15-17(22)3)25(30)23-24(20-10-5-6-11-21(20)28)29(27(32)26(23)31)19-9-7-8-16(2)14-19/h5-15,24,30H,4H2,1-3H3/b25-23+. The molecule has 0 spiro atoms. The molecule has 0 radical (unpaired) electrons. The minimum atomic E-state index is -1.11. The van der Waals surface area contributed by atoms with Crippen LogP contribution in [-0.4, -0.2) is 23.4 Å². The third kappa shape index (κ3) is 4.00. The summed E-state index contributed by atoms with van der Waals surface area (Å²) in [4.78, 5) is 27.6. The maximum Gasteiger partial charge on any atom is 0.300 e. The zero-order valence-electron chi connectivity index (χ0n) is 18.6. The van der Waals surface area contributed by atoms with E-state index in [0.717, 1.165) is 11.1 Å². The van der Waals surface area contributed by atoms with E-state index >= 15 is 0 Å². The van der Waals surface area contributed by atoms with Crippen LogP contribution in [0.1, 0.15) is 35.2 Å². The molecule has 1 atom stereocenters. The number of amides is 1. The van der Waals surface area contributed by atoms with Gasteiger partial charge >= 0.3 is 0 Å². The van der Waals surface area contributed by atoms with Crippen LogP contribution in [0, 0.1) is 19.7 Å². The van der Waals surface area contributed by atoms with Crippen LogP contribution in [0.4, 0.5) is 10.1 Å². The van der Waals surface area contributed by atoms with Gasteiger partial charge in [0.2, 0.25) is 0 Å². The van der Waals surface area contributed by atoms with Crippen molar-refractivity contribution in [2.45, 2.75) is 26.8 Å². The molecule has 33 heavy (non-hydrogen) atoms. The number of halogens is 1. The molecule has 0 saturated carbocycles. The van der Waals surface area contributed by atoms with Gasteiger partial charge in [0, 0.05) is 16.8 Å². The van der Waals surface area contributed by atoms with Crippen LogP contribution in [0.3, 0.4) is 0 Å². The van der Waals surface area contributed by atoms with Crippen molar-refractivity contribution in [3.63, 3.8) is 0 Å². The van der Waals surface area contributed by atoms with Crippen molar-refractivity contribution in [2.75, 3.05) is 11.5 Å². The lowest BCUT2D eigenvalue weighted by molar-refractivity contribution is -0.132. The van der Waals surface area contributed by atoms with Crippen molar-refractivity contribution < 1.29 is 23.8 Å². The number of ketones is 1. The highest BCUT2D eigenvalue weighted by Gasteiger charge is 2.47. The molecule has 168 valence electrons. The highest BCUT2D eigenvalue weighted by Crippen LogP contribution is 2.43. The van der Waals surface area contributed by atoms with E-state index in [9.17, 15) is 19.1 Å². The van der Waals surface area contributed by atoms with E-state index in [4.69, 9.17) is 4.74 Å². The fraction of sp³-hybridized carbons (Fsp3) is 0.185. The lowest BCUT2D eigenvalue weighted by atomic mass is 9.94. The number of carbonyl (C=O) groups excluding carboxylic acids is 2. The number of aliphatic hydroxyl groups excluding tert-OH is 1. The van der Waals surface area contributed by atoms with Crippen LogP contribution in [0.15, 0.2) is 72.3 Å². The fourth-order valence-electron chi connectivity index (χ4n) is 4.14. The molecule has 0 bridgehead atoms. The van der Waals surface area contributed by atoms with E-state index in [1.165, 1.54) is 23.1 Å². The summed E-state index contributed by atoms with van der Waals surface area (Å²) < 4.78 is 20.5. The highest BCUT2D eigenvalue weighted by molar-refractivity contribution is 6.51. The first-order valence-electron chi connectivity index (χ1n) is 10.7. The number of anilines is 1. The number of aliphatic hydroxyl groups is 1. The van der Waals surface area contributed by atoms with Gasteiger partial charge in [-0.05, 0) is 68.3 Å². The number of hydrogen-bond acceptors (Lipinski definition) is 4. The molecule has 3 aromatic carbocycles. The molecular formula is C27H24FNO4. The lowest BCUT2D eigenvalue weighted by Crippen LogP contribution is -2.29. The minimum absolute atomic E-state index is 0.127. The average molecular weight is 445 g/mol. The summed E-state index contributed by atoms with van der Waals surface area (Å²) in [6.45, 7) is 6.04. The van der Waals surface area contributed by atoms with Gasteiger partial charge in [-0.25, -0.2) is 4.39 Å². The number of aryl methyl sites for hydroxylation is 2. The molecule has 6 heteroatoms. The third-order valence-corrected chi connectivity index (χ3v) is 5.67. The number of rotatable bonds is 5.